The quantitative estimate of drug-likeness (QED) is 0.878. The highest BCUT2D eigenvalue weighted by Gasteiger charge is 2.27. The van der Waals surface area contributed by atoms with Gasteiger partial charge >= 0.3 is 0 Å². The fourth-order valence-corrected chi connectivity index (χ4v) is 3.99. The third-order valence-corrected chi connectivity index (χ3v) is 5.45. The molecule has 1 aliphatic heterocycles. The van der Waals surface area contributed by atoms with Crippen LogP contribution in [0.4, 0.5) is 0 Å². The molecule has 1 N–H and O–H groups in total. The predicted molar refractivity (Wildman–Crippen MR) is 80.4 cm³/mol. The summed E-state index contributed by atoms with van der Waals surface area (Å²) in [7, 11) is 2.07. The Labute approximate surface area is 115 Å². The van der Waals surface area contributed by atoms with Gasteiger partial charge in [0, 0.05) is 28.4 Å². The molecule has 3 heteroatoms. The SMILES string of the molecule is CCc1ccc(C(C)N2CCCCC2CNC)s1. The monoisotopic (exact) mass is 266 g/mol. The lowest BCUT2D eigenvalue weighted by Crippen LogP contribution is -2.45. The van der Waals surface area contributed by atoms with E-state index in [2.05, 4.69) is 43.2 Å². The van der Waals surface area contributed by atoms with Crippen LogP contribution in [0.2, 0.25) is 0 Å². The van der Waals surface area contributed by atoms with Gasteiger partial charge in [-0.1, -0.05) is 13.3 Å². The van der Waals surface area contributed by atoms with Gasteiger partial charge in [-0.25, -0.2) is 0 Å². The number of likely N-dealkylation sites (N-methyl/N-ethyl adjacent to an activating group) is 1. The molecule has 2 atom stereocenters. The molecule has 0 saturated carbocycles. The van der Waals surface area contributed by atoms with Crippen LogP contribution in [0.1, 0.15) is 48.9 Å². The summed E-state index contributed by atoms with van der Waals surface area (Å²) in [5.74, 6) is 0. The second-order valence-electron chi connectivity index (χ2n) is 5.28. The van der Waals surface area contributed by atoms with Crippen molar-refractivity contribution in [1.29, 1.82) is 0 Å². The van der Waals surface area contributed by atoms with Crippen molar-refractivity contribution in [2.24, 2.45) is 0 Å². The van der Waals surface area contributed by atoms with E-state index in [-0.39, 0.29) is 0 Å². The Morgan fingerprint density at radius 3 is 2.94 bits per heavy atom. The van der Waals surface area contributed by atoms with Crippen LogP contribution in [0.15, 0.2) is 12.1 Å². The summed E-state index contributed by atoms with van der Waals surface area (Å²) < 4.78 is 0. The summed E-state index contributed by atoms with van der Waals surface area (Å²) >= 11 is 1.99. The van der Waals surface area contributed by atoms with Crippen molar-refractivity contribution in [2.45, 2.75) is 51.6 Å². The van der Waals surface area contributed by atoms with Gasteiger partial charge in [-0.2, -0.15) is 0 Å². The van der Waals surface area contributed by atoms with E-state index in [4.69, 9.17) is 0 Å². The van der Waals surface area contributed by atoms with Gasteiger partial charge in [-0.05, 0) is 51.9 Å². The van der Waals surface area contributed by atoms with Gasteiger partial charge in [0.1, 0.15) is 0 Å². The zero-order valence-electron chi connectivity index (χ0n) is 11.9. The second-order valence-corrected chi connectivity index (χ2v) is 6.48. The van der Waals surface area contributed by atoms with E-state index in [1.807, 2.05) is 11.3 Å². The Balaban J connectivity index is 2.07. The van der Waals surface area contributed by atoms with Crippen molar-refractivity contribution < 1.29 is 0 Å². The molecule has 1 saturated heterocycles. The Hall–Kier alpha value is -0.380. The third-order valence-electron chi connectivity index (χ3n) is 4.05. The number of aryl methyl sites for hydroxylation is 1. The van der Waals surface area contributed by atoms with Crippen LogP contribution < -0.4 is 5.32 Å². The molecular weight excluding hydrogens is 240 g/mol. The summed E-state index contributed by atoms with van der Waals surface area (Å²) in [5.41, 5.74) is 0. The van der Waals surface area contributed by atoms with Crippen LogP contribution >= 0.6 is 11.3 Å². The predicted octanol–water partition coefficient (Wildman–Crippen LogP) is 3.45. The van der Waals surface area contributed by atoms with Crippen LogP contribution in [0.5, 0.6) is 0 Å². The molecule has 2 heterocycles. The standard InChI is InChI=1S/C15H26N2S/c1-4-14-8-9-15(18-14)12(2)17-10-6-5-7-13(17)11-16-3/h8-9,12-13,16H,4-7,10-11H2,1-3H3. The largest absolute Gasteiger partial charge is 0.318 e. The molecule has 1 fully saturated rings. The van der Waals surface area contributed by atoms with Crippen molar-refractivity contribution in [1.82, 2.24) is 10.2 Å². The molecule has 2 unspecified atom stereocenters. The summed E-state index contributed by atoms with van der Waals surface area (Å²) in [6.07, 6.45) is 5.26. The van der Waals surface area contributed by atoms with E-state index in [9.17, 15) is 0 Å². The molecule has 2 rings (SSSR count). The Morgan fingerprint density at radius 1 is 1.44 bits per heavy atom. The number of rotatable bonds is 5. The van der Waals surface area contributed by atoms with Gasteiger partial charge in [0.15, 0.2) is 0 Å². The average Bonchev–Trinajstić information content (AvgIpc) is 2.88. The van der Waals surface area contributed by atoms with E-state index in [0.717, 1.165) is 13.0 Å². The fourth-order valence-electron chi connectivity index (χ4n) is 2.96. The normalized spacial score (nSPS) is 23.2. The number of nitrogens with one attached hydrogen (secondary N) is 1. The van der Waals surface area contributed by atoms with Crippen LogP contribution in [-0.4, -0.2) is 31.1 Å². The average molecular weight is 266 g/mol. The second kappa shape index (κ2) is 6.69. The van der Waals surface area contributed by atoms with Gasteiger partial charge in [0.25, 0.3) is 0 Å². The molecule has 0 bridgehead atoms. The minimum absolute atomic E-state index is 0.578. The lowest BCUT2D eigenvalue weighted by molar-refractivity contribution is 0.105. The molecule has 0 amide bonds. The summed E-state index contributed by atoms with van der Waals surface area (Å²) in [5, 5.41) is 3.35. The topological polar surface area (TPSA) is 15.3 Å². The zero-order valence-corrected chi connectivity index (χ0v) is 12.7. The van der Waals surface area contributed by atoms with E-state index < -0.39 is 0 Å². The van der Waals surface area contributed by atoms with Gasteiger partial charge in [-0.15, -0.1) is 11.3 Å². The summed E-state index contributed by atoms with van der Waals surface area (Å²) in [4.78, 5) is 5.75. The lowest BCUT2D eigenvalue weighted by Gasteiger charge is -2.39. The zero-order chi connectivity index (χ0) is 13.0. The molecule has 1 aromatic rings. The first kappa shape index (κ1) is 14.0. The van der Waals surface area contributed by atoms with E-state index in [1.54, 1.807) is 0 Å². The maximum Gasteiger partial charge on any atom is 0.0416 e. The molecule has 2 nitrogen and oxygen atoms in total. The van der Waals surface area contributed by atoms with Crippen molar-refractivity contribution >= 4 is 11.3 Å². The number of thiophene rings is 1. The highest BCUT2D eigenvalue weighted by molar-refractivity contribution is 7.12. The fraction of sp³-hybridized carbons (Fsp3) is 0.733. The van der Waals surface area contributed by atoms with Crippen molar-refractivity contribution in [3.63, 3.8) is 0 Å². The van der Waals surface area contributed by atoms with Gasteiger partial charge in [-0.3, -0.25) is 4.90 Å². The lowest BCUT2D eigenvalue weighted by atomic mass is 9.99. The maximum atomic E-state index is 3.35. The molecular formula is C15H26N2S. The van der Waals surface area contributed by atoms with Crippen molar-refractivity contribution in [2.75, 3.05) is 20.1 Å². The first-order valence-corrected chi connectivity index (χ1v) is 8.06. The molecule has 1 aromatic heterocycles. The van der Waals surface area contributed by atoms with Crippen molar-refractivity contribution in [3.8, 4) is 0 Å². The molecule has 102 valence electrons. The Bertz CT molecular complexity index is 359. The number of hydrogen-bond acceptors (Lipinski definition) is 3. The number of likely N-dealkylation sites (tertiary alicyclic amines) is 1. The Kier molecular flexibility index (Phi) is 5.22. The van der Waals surface area contributed by atoms with E-state index in [0.29, 0.717) is 12.1 Å². The van der Waals surface area contributed by atoms with Gasteiger partial charge in [0.05, 0.1) is 0 Å². The van der Waals surface area contributed by atoms with Crippen LogP contribution in [0.25, 0.3) is 0 Å². The maximum absolute atomic E-state index is 3.35. The minimum atomic E-state index is 0.578. The number of nitrogens with zero attached hydrogens (tertiary/aromatic N) is 1. The molecule has 0 radical (unpaired) electrons. The minimum Gasteiger partial charge on any atom is -0.318 e. The molecule has 0 aliphatic carbocycles. The number of piperidine rings is 1. The van der Waals surface area contributed by atoms with Crippen molar-refractivity contribution in [3.05, 3.63) is 21.9 Å². The first-order valence-electron chi connectivity index (χ1n) is 7.25. The highest BCUT2D eigenvalue weighted by atomic mass is 32.1. The van der Waals surface area contributed by atoms with Crippen LogP contribution in [0.3, 0.4) is 0 Å². The number of hydrogen-bond donors (Lipinski definition) is 1. The van der Waals surface area contributed by atoms with Crippen LogP contribution in [0, 0.1) is 0 Å². The van der Waals surface area contributed by atoms with Gasteiger partial charge in [0.2, 0.25) is 0 Å². The summed E-state index contributed by atoms with van der Waals surface area (Å²) in [6.45, 7) is 6.99. The van der Waals surface area contributed by atoms with E-state index in [1.165, 1.54) is 35.6 Å². The third kappa shape index (κ3) is 3.14. The molecule has 0 spiro atoms. The van der Waals surface area contributed by atoms with Crippen LogP contribution in [-0.2, 0) is 6.42 Å². The van der Waals surface area contributed by atoms with E-state index >= 15 is 0 Å². The molecule has 0 aromatic carbocycles. The molecule has 18 heavy (non-hydrogen) atoms. The first-order chi connectivity index (χ1) is 8.76. The smallest absolute Gasteiger partial charge is 0.0416 e. The molecule has 1 aliphatic rings. The Morgan fingerprint density at radius 2 is 2.28 bits per heavy atom. The summed E-state index contributed by atoms with van der Waals surface area (Å²) in [6, 6.07) is 5.92. The van der Waals surface area contributed by atoms with Gasteiger partial charge < -0.3 is 5.32 Å². The highest BCUT2D eigenvalue weighted by Crippen LogP contribution is 2.32.